The lowest BCUT2D eigenvalue weighted by Gasteiger charge is -2.20. The highest BCUT2D eigenvalue weighted by Crippen LogP contribution is 2.23. The Kier molecular flexibility index (Phi) is 5.28. The SMILES string of the molecule is CCN(CC(=O)OC)S(=O)(=O)c1cc(N)ccc1C(=O)O. The standard InChI is InChI=1S/C12H16N2O6S/c1-3-14(7-11(15)20-2)21(18,19)10-6-8(13)4-5-9(10)12(16)17/h4-6H,3,7,13H2,1-2H3,(H,16,17). The molecular formula is C12H16N2O6S. The molecule has 0 aliphatic carbocycles. The van der Waals surface area contributed by atoms with E-state index in [1.165, 1.54) is 13.0 Å². The van der Waals surface area contributed by atoms with E-state index in [4.69, 9.17) is 10.8 Å². The first-order chi connectivity index (χ1) is 9.73. The minimum absolute atomic E-state index is 0.0225. The number of carboxylic acid groups (broad SMARTS) is 1. The van der Waals surface area contributed by atoms with E-state index in [0.29, 0.717) is 0 Å². The van der Waals surface area contributed by atoms with Crippen LogP contribution in [0, 0.1) is 0 Å². The minimum Gasteiger partial charge on any atom is -0.478 e. The lowest BCUT2D eigenvalue weighted by Crippen LogP contribution is -2.36. The normalized spacial score (nSPS) is 11.4. The van der Waals surface area contributed by atoms with Crippen LogP contribution in [-0.4, -0.2) is 50.0 Å². The molecule has 1 aromatic carbocycles. The predicted molar refractivity (Wildman–Crippen MR) is 74.3 cm³/mol. The fourth-order valence-electron chi connectivity index (χ4n) is 1.64. The van der Waals surface area contributed by atoms with E-state index in [-0.39, 0.29) is 12.2 Å². The Balaban J connectivity index is 3.38. The number of likely N-dealkylation sites (N-methyl/N-ethyl adjacent to an activating group) is 1. The van der Waals surface area contributed by atoms with Gasteiger partial charge in [-0.25, -0.2) is 13.2 Å². The van der Waals surface area contributed by atoms with Crippen LogP contribution in [0.5, 0.6) is 0 Å². The largest absolute Gasteiger partial charge is 0.478 e. The number of hydrogen-bond acceptors (Lipinski definition) is 6. The number of nitrogen functional groups attached to an aromatic ring is 1. The van der Waals surface area contributed by atoms with Crippen LogP contribution in [-0.2, 0) is 19.6 Å². The molecule has 9 heteroatoms. The molecule has 0 atom stereocenters. The number of anilines is 1. The molecule has 0 saturated heterocycles. The number of esters is 1. The maximum Gasteiger partial charge on any atom is 0.337 e. The molecule has 0 amide bonds. The maximum absolute atomic E-state index is 12.5. The van der Waals surface area contributed by atoms with Crippen LogP contribution in [0.25, 0.3) is 0 Å². The molecule has 0 bridgehead atoms. The molecule has 0 unspecified atom stereocenters. The van der Waals surface area contributed by atoms with Crippen molar-refractivity contribution in [1.82, 2.24) is 4.31 Å². The van der Waals surface area contributed by atoms with E-state index in [2.05, 4.69) is 4.74 Å². The summed E-state index contributed by atoms with van der Waals surface area (Å²) >= 11 is 0. The van der Waals surface area contributed by atoms with Crippen LogP contribution >= 0.6 is 0 Å². The third kappa shape index (κ3) is 3.70. The highest BCUT2D eigenvalue weighted by molar-refractivity contribution is 7.89. The summed E-state index contributed by atoms with van der Waals surface area (Å²) in [6.07, 6.45) is 0. The third-order valence-corrected chi connectivity index (χ3v) is 4.70. The summed E-state index contributed by atoms with van der Waals surface area (Å²) in [6, 6.07) is 3.45. The number of nitrogens with zero attached hydrogens (tertiary/aromatic N) is 1. The molecule has 0 spiro atoms. The average Bonchev–Trinajstić information content (AvgIpc) is 2.43. The molecule has 0 aromatic heterocycles. The van der Waals surface area contributed by atoms with Gasteiger partial charge in [0.05, 0.1) is 17.6 Å². The predicted octanol–water partition coefficient (Wildman–Crippen LogP) is 0.151. The van der Waals surface area contributed by atoms with Crippen molar-refractivity contribution in [3.05, 3.63) is 23.8 Å². The number of carbonyl (C=O) groups is 2. The molecular weight excluding hydrogens is 300 g/mol. The van der Waals surface area contributed by atoms with E-state index in [0.717, 1.165) is 23.5 Å². The summed E-state index contributed by atoms with van der Waals surface area (Å²) < 4.78 is 30.2. The van der Waals surface area contributed by atoms with Crippen LogP contribution in [0.3, 0.4) is 0 Å². The number of rotatable bonds is 6. The van der Waals surface area contributed by atoms with Gasteiger partial charge in [-0.15, -0.1) is 0 Å². The molecule has 0 aliphatic rings. The zero-order valence-corrected chi connectivity index (χ0v) is 12.4. The number of hydrogen-bond donors (Lipinski definition) is 2. The van der Waals surface area contributed by atoms with Gasteiger partial charge in [0.25, 0.3) is 0 Å². The average molecular weight is 316 g/mol. The van der Waals surface area contributed by atoms with Crippen LogP contribution in [0.2, 0.25) is 0 Å². The summed E-state index contributed by atoms with van der Waals surface area (Å²) in [5.74, 6) is -2.15. The lowest BCUT2D eigenvalue weighted by molar-refractivity contribution is -0.140. The van der Waals surface area contributed by atoms with Crippen LogP contribution in [0.15, 0.2) is 23.1 Å². The van der Waals surface area contributed by atoms with Gasteiger partial charge in [0.2, 0.25) is 10.0 Å². The molecule has 1 aromatic rings. The first kappa shape index (κ1) is 16.9. The fraction of sp³-hybridized carbons (Fsp3) is 0.333. The Labute approximate surface area is 122 Å². The Hall–Kier alpha value is -2.13. The summed E-state index contributed by atoms with van der Waals surface area (Å²) in [4.78, 5) is 22.0. The van der Waals surface area contributed by atoms with Gasteiger partial charge in [0.15, 0.2) is 0 Å². The van der Waals surface area contributed by atoms with E-state index >= 15 is 0 Å². The zero-order valence-electron chi connectivity index (χ0n) is 11.6. The summed E-state index contributed by atoms with van der Waals surface area (Å²) in [5, 5.41) is 9.09. The van der Waals surface area contributed by atoms with Gasteiger partial charge in [-0.3, -0.25) is 4.79 Å². The number of benzene rings is 1. The molecule has 0 saturated carbocycles. The molecule has 21 heavy (non-hydrogen) atoms. The molecule has 0 radical (unpaired) electrons. The monoisotopic (exact) mass is 316 g/mol. The Bertz CT molecular complexity index is 656. The van der Waals surface area contributed by atoms with Gasteiger partial charge in [0, 0.05) is 12.2 Å². The second kappa shape index (κ2) is 6.55. The van der Waals surface area contributed by atoms with Crippen LogP contribution < -0.4 is 5.73 Å². The van der Waals surface area contributed by atoms with Gasteiger partial charge in [-0.2, -0.15) is 4.31 Å². The summed E-state index contributed by atoms with van der Waals surface area (Å²) in [7, 11) is -3.05. The van der Waals surface area contributed by atoms with Crippen molar-refractivity contribution in [2.75, 3.05) is 25.9 Å². The van der Waals surface area contributed by atoms with Gasteiger partial charge in [-0.05, 0) is 18.2 Å². The number of carbonyl (C=O) groups excluding carboxylic acids is 1. The zero-order chi connectivity index (χ0) is 16.2. The summed E-state index contributed by atoms with van der Waals surface area (Å²) in [5.41, 5.74) is 5.22. The van der Waals surface area contributed by atoms with Gasteiger partial charge in [0.1, 0.15) is 6.54 Å². The minimum atomic E-state index is -4.18. The number of methoxy groups -OCH3 is 1. The van der Waals surface area contributed by atoms with Crippen LogP contribution in [0.1, 0.15) is 17.3 Å². The van der Waals surface area contributed by atoms with Gasteiger partial charge < -0.3 is 15.6 Å². The van der Waals surface area contributed by atoms with Gasteiger partial charge in [-0.1, -0.05) is 6.92 Å². The van der Waals surface area contributed by atoms with E-state index in [9.17, 15) is 18.0 Å². The second-order valence-electron chi connectivity index (χ2n) is 4.07. The molecule has 0 fully saturated rings. The van der Waals surface area contributed by atoms with Crippen molar-refractivity contribution in [3.8, 4) is 0 Å². The number of sulfonamides is 1. The van der Waals surface area contributed by atoms with E-state index in [1.54, 1.807) is 0 Å². The first-order valence-corrected chi connectivity index (χ1v) is 7.37. The van der Waals surface area contributed by atoms with Crippen molar-refractivity contribution >= 4 is 27.6 Å². The fourth-order valence-corrected chi connectivity index (χ4v) is 3.26. The first-order valence-electron chi connectivity index (χ1n) is 5.93. The number of carboxylic acids is 1. The number of ether oxygens (including phenoxy) is 1. The highest BCUT2D eigenvalue weighted by atomic mass is 32.2. The maximum atomic E-state index is 12.5. The van der Waals surface area contributed by atoms with Crippen molar-refractivity contribution in [1.29, 1.82) is 0 Å². The van der Waals surface area contributed by atoms with Crippen LogP contribution in [0.4, 0.5) is 5.69 Å². The summed E-state index contributed by atoms with van der Waals surface area (Å²) in [6.45, 7) is 0.988. The molecule has 1 rings (SSSR count). The van der Waals surface area contributed by atoms with E-state index in [1.807, 2.05) is 0 Å². The van der Waals surface area contributed by atoms with Crippen molar-refractivity contribution in [2.24, 2.45) is 0 Å². The smallest absolute Gasteiger partial charge is 0.337 e. The van der Waals surface area contributed by atoms with Gasteiger partial charge >= 0.3 is 11.9 Å². The highest BCUT2D eigenvalue weighted by Gasteiger charge is 2.30. The Morgan fingerprint density at radius 3 is 2.48 bits per heavy atom. The molecule has 0 heterocycles. The quantitative estimate of drug-likeness (QED) is 0.565. The van der Waals surface area contributed by atoms with Crippen molar-refractivity contribution in [3.63, 3.8) is 0 Å². The number of nitrogens with two attached hydrogens (primary N) is 1. The molecule has 116 valence electrons. The lowest BCUT2D eigenvalue weighted by atomic mass is 10.2. The molecule has 3 N–H and O–H groups in total. The number of aromatic carboxylic acids is 1. The molecule has 0 aliphatic heterocycles. The molecule has 8 nitrogen and oxygen atoms in total. The Morgan fingerprint density at radius 2 is 2.00 bits per heavy atom. The third-order valence-electron chi connectivity index (χ3n) is 2.74. The Morgan fingerprint density at radius 1 is 1.38 bits per heavy atom. The van der Waals surface area contributed by atoms with Crippen molar-refractivity contribution in [2.45, 2.75) is 11.8 Å². The van der Waals surface area contributed by atoms with E-state index < -0.39 is 39.0 Å². The van der Waals surface area contributed by atoms with Crippen molar-refractivity contribution < 1.29 is 27.9 Å². The topological polar surface area (TPSA) is 127 Å². The second-order valence-corrected chi connectivity index (χ2v) is 5.97.